The van der Waals surface area contributed by atoms with Crippen LogP contribution in [-0.2, 0) is 14.3 Å². The average Bonchev–Trinajstić information content (AvgIpc) is 2.61. The summed E-state index contributed by atoms with van der Waals surface area (Å²) in [6, 6.07) is 4.57. The maximum atomic E-state index is 14.1. The van der Waals surface area contributed by atoms with Crippen molar-refractivity contribution in [2.45, 2.75) is 38.8 Å². The number of ether oxygens (including phenoxy) is 2. The minimum absolute atomic E-state index is 0.0559. The number of carbonyl (C=O) groups excluding carboxylic acids is 1. The van der Waals surface area contributed by atoms with Gasteiger partial charge in [0.1, 0.15) is 11.4 Å². The first kappa shape index (κ1) is 19.1. The summed E-state index contributed by atoms with van der Waals surface area (Å²) in [6.45, 7) is 8.98. The Morgan fingerprint density at radius 3 is 2.69 bits per heavy atom. The molecule has 3 N–H and O–H groups in total. The van der Waals surface area contributed by atoms with E-state index >= 15 is 0 Å². The van der Waals surface area contributed by atoms with E-state index in [0.717, 1.165) is 5.69 Å². The Morgan fingerprint density at radius 2 is 2.08 bits per heavy atom. The van der Waals surface area contributed by atoms with Crippen LogP contribution in [0.5, 0.6) is 0 Å². The van der Waals surface area contributed by atoms with Gasteiger partial charge in [0.2, 0.25) is 5.91 Å². The first-order valence-electron chi connectivity index (χ1n) is 9.13. The molecule has 2 aliphatic rings. The number of hydrogen-bond acceptors (Lipinski definition) is 5. The van der Waals surface area contributed by atoms with Crippen LogP contribution >= 0.6 is 0 Å². The zero-order valence-electron chi connectivity index (χ0n) is 15.7. The van der Waals surface area contributed by atoms with E-state index in [1.807, 2.05) is 25.7 Å². The summed E-state index contributed by atoms with van der Waals surface area (Å²) in [5.74, 6) is -0.701. The van der Waals surface area contributed by atoms with E-state index in [-0.39, 0.29) is 12.0 Å². The van der Waals surface area contributed by atoms with Crippen LogP contribution in [0.3, 0.4) is 0 Å². The van der Waals surface area contributed by atoms with Gasteiger partial charge in [-0.15, -0.1) is 0 Å². The quantitative estimate of drug-likeness (QED) is 0.836. The maximum Gasteiger partial charge on any atom is 0.245 e. The van der Waals surface area contributed by atoms with E-state index < -0.39 is 16.8 Å². The highest BCUT2D eigenvalue weighted by Crippen LogP contribution is 2.50. The summed E-state index contributed by atoms with van der Waals surface area (Å²) in [7, 11) is 0. The molecular weight excluding hydrogens is 337 g/mol. The molecule has 2 atom stereocenters. The van der Waals surface area contributed by atoms with Crippen LogP contribution in [0.2, 0.25) is 0 Å². The molecule has 2 fully saturated rings. The van der Waals surface area contributed by atoms with Gasteiger partial charge in [0.25, 0.3) is 0 Å². The van der Waals surface area contributed by atoms with E-state index in [0.29, 0.717) is 45.0 Å². The fraction of sp³-hybridized carbons (Fsp3) is 0.632. The topological polar surface area (TPSA) is 76.8 Å². The van der Waals surface area contributed by atoms with Crippen molar-refractivity contribution in [1.29, 1.82) is 0 Å². The highest BCUT2D eigenvalue weighted by molar-refractivity contribution is 6.00. The first-order chi connectivity index (χ1) is 12.3. The van der Waals surface area contributed by atoms with Crippen molar-refractivity contribution >= 4 is 17.3 Å². The lowest BCUT2D eigenvalue weighted by Gasteiger charge is -2.57. The van der Waals surface area contributed by atoms with Crippen LogP contribution < -0.4 is 16.0 Å². The Bertz CT molecular complexity index is 676. The lowest BCUT2D eigenvalue weighted by atomic mass is 9.54. The van der Waals surface area contributed by atoms with Crippen molar-refractivity contribution in [2.75, 3.05) is 43.1 Å². The van der Waals surface area contributed by atoms with Crippen molar-refractivity contribution in [2.24, 2.45) is 11.1 Å². The Kier molecular flexibility index (Phi) is 5.23. The van der Waals surface area contributed by atoms with Gasteiger partial charge >= 0.3 is 0 Å². The molecule has 1 amide bonds. The molecule has 144 valence electrons. The largest absolute Gasteiger partial charge is 0.378 e. The fourth-order valence-corrected chi connectivity index (χ4v) is 3.71. The molecular formula is C19H28FN3O3. The molecule has 1 heterocycles. The molecule has 0 radical (unpaired) electrons. The molecule has 1 aromatic carbocycles. The molecule has 1 saturated carbocycles. The van der Waals surface area contributed by atoms with Gasteiger partial charge in [-0.05, 0) is 25.1 Å². The Balaban J connectivity index is 1.74. The molecule has 0 bridgehead atoms. The van der Waals surface area contributed by atoms with Crippen molar-refractivity contribution in [3.63, 3.8) is 0 Å². The van der Waals surface area contributed by atoms with Crippen molar-refractivity contribution < 1.29 is 18.7 Å². The van der Waals surface area contributed by atoms with Crippen LogP contribution in [0.1, 0.15) is 27.2 Å². The number of nitrogens with zero attached hydrogens (tertiary/aromatic N) is 1. The normalized spacial score (nSPS) is 27.7. The minimum atomic E-state index is -1.04. The van der Waals surface area contributed by atoms with E-state index in [4.69, 9.17) is 15.2 Å². The molecule has 2 unspecified atom stereocenters. The number of halogens is 1. The molecule has 7 heteroatoms. The van der Waals surface area contributed by atoms with Gasteiger partial charge in [-0.25, -0.2) is 4.39 Å². The summed E-state index contributed by atoms with van der Waals surface area (Å²) in [5, 5.41) is 2.81. The van der Waals surface area contributed by atoms with E-state index in [2.05, 4.69) is 5.32 Å². The number of rotatable bonds is 5. The Hall–Kier alpha value is -1.70. The average molecular weight is 365 g/mol. The van der Waals surface area contributed by atoms with Crippen molar-refractivity contribution in [3.05, 3.63) is 24.0 Å². The molecule has 0 aromatic heterocycles. The second-order valence-corrected chi connectivity index (χ2v) is 7.59. The van der Waals surface area contributed by atoms with Crippen LogP contribution in [0.4, 0.5) is 15.8 Å². The smallest absolute Gasteiger partial charge is 0.245 e. The van der Waals surface area contributed by atoms with Crippen LogP contribution in [-0.4, -0.2) is 50.5 Å². The summed E-state index contributed by atoms with van der Waals surface area (Å²) >= 11 is 0. The highest BCUT2D eigenvalue weighted by Gasteiger charge is 2.62. The summed E-state index contributed by atoms with van der Waals surface area (Å²) < 4.78 is 25.1. The van der Waals surface area contributed by atoms with Gasteiger partial charge in [-0.1, -0.05) is 13.8 Å². The molecule has 1 aliphatic heterocycles. The van der Waals surface area contributed by atoms with Crippen molar-refractivity contribution in [1.82, 2.24) is 0 Å². The molecule has 3 rings (SSSR count). The molecule has 1 saturated heterocycles. The third kappa shape index (κ3) is 3.31. The number of benzene rings is 1. The van der Waals surface area contributed by atoms with Gasteiger partial charge in [0.05, 0.1) is 19.3 Å². The second kappa shape index (κ2) is 7.13. The number of nitrogens with two attached hydrogens (primary N) is 1. The zero-order chi connectivity index (χ0) is 18.9. The van der Waals surface area contributed by atoms with Gasteiger partial charge in [-0.3, -0.25) is 4.79 Å². The lowest BCUT2D eigenvalue weighted by molar-refractivity contribution is -0.166. The van der Waals surface area contributed by atoms with Crippen LogP contribution in [0, 0.1) is 11.2 Å². The number of hydrogen-bond donors (Lipinski definition) is 2. The SMILES string of the molecule is CCOC1CC(N)(C(=O)Nc2cc(F)cc(N3CCOCC3)c2)C1(C)C. The Labute approximate surface area is 153 Å². The van der Waals surface area contributed by atoms with Gasteiger partial charge in [0, 0.05) is 42.9 Å². The van der Waals surface area contributed by atoms with Gasteiger partial charge in [-0.2, -0.15) is 0 Å². The fourth-order valence-electron chi connectivity index (χ4n) is 3.71. The van der Waals surface area contributed by atoms with Gasteiger partial charge in [0.15, 0.2) is 0 Å². The summed E-state index contributed by atoms with van der Waals surface area (Å²) in [6.07, 6.45) is 0.394. The number of nitrogens with one attached hydrogen (secondary N) is 1. The van der Waals surface area contributed by atoms with Crippen LogP contribution in [0.25, 0.3) is 0 Å². The number of morpholine rings is 1. The molecule has 6 nitrogen and oxygen atoms in total. The van der Waals surface area contributed by atoms with Crippen molar-refractivity contribution in [3.8, 4) is 0 Å². The van der Waals surface area contributed by atoms with E-state index in [1.54, 1.807) is 6.07 Å². The Morgan fingerprint density at radius 1 is 1.38 bits per heavy atom. The maximum absolute atomic E-state index is 14.1. The van der Waals surface area contributed by atoms with Gasteiger partial charge < -0.3 is 25.4 Å². The molecule has 0 spiro atoms. The standard InChI is InChI=1S/C19H28FN3O3/c1-4-26-16-12-19(21,18(16,2)3)17(24)22-14-9-13(20)10-15(11-14)23-5-7-25-8-6-23/h9-11,16H,4-8,12,21H2,1-3H3,(H,22,24). The lowest BCUT2D eigenvalue weighted by Crippen LogP contribution is -2.74. The number of anilines is 2. The third-order valence-electron chi connectivity index (χ3n) is 5.75. The second-order valence-electron chi connectivity index (χ2n) is 7.59. The first-order valence-corrected chi connectivity index (χ1v) is 9.13. The van der Waals surface area contributed by atoms with Crippen LogP contribution in [0.15, 0.2) is 18.2 Å². The molecule has 26 heavy (non-hydrogen) atoms. The zero-order valence-corrected chi connectivity index (χ0v) is 15.7. The summed E-state index contributed by atoms with van der Waals surface area (Å²) in [5.41, 5.74) is 6.01. The highest BCUT2D eigenvalue weighted by atomic mass is 19.1. The number of amides is 1. The number of carbonyl (C=O) groups is 1. The monoisotopic (exact) mass is 365 g/mol. The third-order valence-corrected chi connectivity index (χ3v) is 5.75. The van der Waals surface area contributed by atoms with E-state index in [1.165, 1.54) is 12.1 Å². The molecule has 1 aliphatic carbocycles. The predicted octanol–water partition coefficient (Wildman–Crippen LogP) is 2.13. The summed E-state index contributed by atoms with van der Waals surface area (Å²) in [4.78, 5) is 14.9. The molecule has 1 aromatic rings. The van der Waals surface area contributed by atoms with E-state index in [9.17, 15) is 9.18 Å². The predicted molar refractivity (Wildman–Crippen MR) is 98.8 cm³/mol. The minimum Gasteiger partial charge on any atom is -0.378 e.